The highest BCUT2D eigenvalue weighted by Gasteiger charge is 2.17. The lowest BCUT2D eigenvalue weighted by atomic mass is 10.1. The van der Waals surface area contributed by atoms with Crippen LogP contribution in [0.2, 0.25) is 0 Å². The molecule has 1 aromatic carbocycles. The van der Waals surface area contributed by atoms with Crippen LogP contribution in [0, 0.1) is 6.92 Å². The monoisotopic (exact) mass is 377 g/mol. The van der Waals surface area contributed by atoms with E-state index < -0.39 is 0 Å². The van der Waals surface area contributed by atoms with Gasteiger partial charge in [0.15, 0.2) is 5.96 Å². The van der Waals surface area contributed by atoms with Gasteiger partial charge >= 0.3 is 0 Å². The van der Waals surface area contributed by atoms with Crippen molar-refractivity contribution in [3.8, 4) is 5.75 Å². The average Bonchev–Trinajstić information content (AvgIpc) is 3.16. The van der Waals surface area contributed by atoms with Crippen LogP contribution in [0.5, 0.6) is 5.75 Å². The summed E-state index contributed by atoms with van der Waals surface area (Å²) < 4.78 is 17.3. The average molecular weight is 378 g/mol. The second kappa shape index (κ2) is 11.8. The Hall–Kier alpha value is -1.79. The topological polar surface area (TPSA) is 64.1 Å². The summed E-state index contributed by atoms with van der Waals surface area (Å²) in [6, 6.07) is 6.30. The molecule has 1 aliphatic heterocycles. The fourth-order valence-corrected chi connectivity index (χ4v) is 2.90. The molecule has 1 fully saturated rings. The zero-order valence-electron chi connectivity index (χ0n) is 17.2. The molecule has 1 aliphatic rings. The number of benzene rings is 1. The van der Waals surface area contributed by atoms with Gasteiger partial charge in [-0.15, -0.1) is 0 Å². The number of ether oxygens (including phenoxy) is 3. The van der Waals surface area contributed by atoms with Gasteiger partial charge in [-0.25, -0.2) is 0 Å². The van der Waals surface area contributed by atoms with Crippen LogP contribution in [-0.4, -0.2) is 51.6 Å². The molecule has 1 unspecified atom stereocenters. The summed E-state index contributed by atoms with van der Waals surface area (Å²) in [5.74, 6) is 1.70. The van der Waals surface area contributed by atoms with Gasteiger partial charge in [0.25, 0.3) is 0 Å². The lowest BCUT2D eigenvalue weighted by Crippen LogP contribution is -2.37. The Morgan fingerprint density at radius 1 is 1.33 bits per heavy atom. The normalized spacial score (nSPS) is 17.4. The minimum absolute atomic E-state index is 0.216. The molecule has 0 aromatic heterocycles. The molecule has 152 valence electrons. The van der Waals surface area contributed by atoms with Gasteiger partial charge in [0.2, 0.25) is 0 Å². The summed E-state index contributed by atoms with van der Waals surface area (Å²) in [6.07, 6.45) is 3.64. The number of rotatable bonds is 10. The third kappa shape index (κ3) is 8.18. The van der Waals surface area contributed by atoms with E-state index in [0.717, 1.165) is 56.3 Å². The minimum atomic E-state index is 0.216. The second-order valence-electron chi connectivity index (χ2n) is 7.18. The van der Waals surface area contributed by atoms with Gasteiger partial charge in [0.05, 0.1) is 12.2 Å². The van der Waals surface area contributed by atoms with E-state index in [9.17, 15) is 0 Å². The minimum Gasteiger partial charge on any atom is -0.491 e. The van der Waals surface area contributed by atoms with Crippen molar-refractivity contribution >= 4 is 5.96 Å². The Labute approximate surface area is 163 Å². The first kappa shape index (κ1) is 21.5. The quantitative estimate of drug-likeness (QED) is 0.373. The number of nitrogens with zero attached hydrogens (tertiary/aromatic N) is 1. The third-order valence-corrected chi connectivity index (χ3v) is 4.41. The van der Waals surface area contributed by atoms with Gasteiger partial charge in [-0.1, -0.05) is 12.1 Å². The van der Waals surface area contributed by atoms with Crippen molar-refractivity contribution in [1.82, 2.24) is 10.6 Å². The summed E-state index contributed by atoms with van der Waals surface area (Å²) in [5.41, 5.74) is 2.30. The number of hydrogen-bond donors (Lipinski definition) is 2. The maximum Gasteiger partial charge on any atom is 0.191 e. The van der Waals surface area contributed by atoms with Crippen LogP contribution in [0.1, 0.15) is 44.2 Å². The number of aryl methyl sites for hydroxylation is 1. The summed E-state index contributed by atoms with van der Waals surface area (Å²) in [6.45, 7) is 9.87. The predicted molar refractivity (Wildman–Crippen MR) is 110 cm³/mol. The van der Waals surface area contributed by atoms with E-state index in [0.29, 0.717) is 13.2 Å². The van der Waals surface area contributed by atoms with E-state index >= 15 is 0 Å². The van der Waals surface area contributed by atoms with E-state index in [1.165, 1.54) is 5.56 Å². The zero-order chi connectivity index (χ0) is 19.5. The molecule has 0 radical (unpaired) electrons. The van der Waals surface area contributed by atoms with E-state index in [2.05, 4.69) is 40.7 Å². The van der Waals surface area contributed by atoms with Crippen molar-refractivity contribution in [3.63, 3.8) is 0 Å². The van der Waals surface area contributed by atoms with Crippen molar-refractivity contribution in [1.29, 1.82) is 0 Å². The molecule has 0 bridgehead atoms. The molecule has 1 aromatic rings. The van der Waals surface area contributed by atoms with Crippen LogP contribution in [-0.2, 0) is 16.0 Å². The van der Waals surface area contributed by atoms with Crippen molar-refractivity contribution in [2.24, 2.45) is 4.99 Å². The van der Waals surface area contributed by atoms with Gasteiger partial charge < -0.3 is 24.8 Å². The molecule has 0 spiro atoms. The second-order valence-corrected chi connectivity index (χ2v) is 7.18. The molecular weight excluding hydrogens is 342 g/mol. The first-order valence-corrected chi connectivity index (χ1v) is 9.98. The first-order chi connectivity index (χ1) is 13.1. The molecule has 27 heavy (non-hydrogen) atoms. The van der Waals surface area contributed by atoms with Gasteiger partial charge in [0.1, 0.15) is 12.4 Å². The number of hydrogen-bond acceptors (Lipinski definition) is 4. The summed E-state index contributed by atoms with van der Waals surface area (Å²) in [5, 5.41) is 6.68. The highest BCUT2D eigenvalue weighted by molar-refractivity contribution is 5.79. The van der Waals surface area contributed by atoms with Gasteiger partial charge in [-0.05, 0) is 51.7 Å². The Morgan fingerprint density at radius 3 is 2.89 bits per heavy atom. The zero-order valence-corrected chi connectivity index (χ0v) is 17.2. The molecule has 1 saturated heterocycles. The molecule has 2 rings (SSSR count). The molecule has 0 aliphatic carbocycles. The Bertz CT molecular complexity index is 584. The highest BCUT2D eigenvalue weighted by Crippen LogP contribution is 2.22. The number of aliphatic imine (C=N–C) groups is 1. The van der Waals surface area contributed by atoms with Crippen molar-refractivity contribution < 1.29 is 14.2 Å². The lowest BCUT2D eigenvalue weighted by molar-refractivity contribution is 0.0676. The van der Waals surface area contributed by atoms with Crippen LogP contribution in [0.3, 0.4) is 0 Å². The smallest absolute Gasteiger partial charge is 0.191 e. The highest BCUT2D eigenvalue weighted by atomic mass is 16.5. The molecule has 1 atom stereocenters. The third-order valence-electron chi connectivity index (χ3n) is 4.41. The standard InChI is InChI=1S/C21H35N3O3/c1-16(2)25-12-6-10-23-21(22-4)24-14-18-9-8-17(3)13-20(18)27-15-19-7-5-11-26-19/h8-9,13,16,19H,5-7,10-12,14-15H2,1-4H3,(H2,22,23,24). The Kier molecular flexibility index (Phi) is 9.42. The van der Waals surface area contributed by atoms with E-state index in [4.69, 9.17) is 14.2 Å². The largest absolute Gasteiger partial charge is 0.491 e. The molecule has 6 heteroatoms. The summed E-state index contributed by atoms with van der Waals surface area (Å²) in [4.78, 5) is 4.28. The Morgan fingerprint density at radius 2 is 2.19 bits per heavy atom. The SMILES string of the molecule is CN=C(NCCCOC(C)C)NCc1ccc(C)cc1OCC1CCCO1. The molecule has 1 heterocycles. The van der Waals surface area contributed by atoms with E-state index in [-0.39, 0.29) is 12.2 Å². The fourth-order valence-electron chi connectivity index (χ4n) is 2.90. The molecular formula is C21H35N3O3. The molecule has 2 N–H and O–H groups in total. The van der Waals surface area contributed by atoms with E-state index in [1.807, 2.05) is 13.8 Å². The van der Waals surface area contributed by atoms with Gasteiger partial charge in [-0.3, -0.25) is 4.99 Å². The van der Waals surface area contributed by atoms with Crippen LogP contribution in [0.4, 0.5) is 0 Å². The number of nitrogens with one attached hydrogen (secondary N) is 2. The molecule has 0 saturated carbocycles. The lowest BCUT2D eigenvalue weighted by Gasteiger charge is -2.17. The molecule has 0 amide bonds. The first-order valence-electron chi connectivity index (χ1n) is 9.98. The number of guanidine groups is 1. The van der Waals surface area contributed by atoms with E-state index in [1.54, 1.807) is 7.05 Å². The van der Waals surface area contributed by atoms with Gasteiger partial charge in [-0.2, -0.15) is 0 Å². The summed E-state index contributed by atoms with van der Waals surface area (Å²) in [7, 11) is 1.78. The summed E-state index contributed by atoms with van der Waals surface area (Å²) >= 11 is 0. The van der Waals surface area contributed by atoms with Crippen molar-refractivity contribution in [3.05, 3.63) is 29.3 Å². The van der Waals surface area contributed by atoms with Crippen LogP contribution >= 0.6 is 0 Å². The van der Waals surface area contributed by atoms with Crippen LogP contribution in [0.25, 0.3) is 0 Å². The Balaban J connectivity index is 1.80. The van der Waals surface area contributed by atoms with Crippen LogP contribution < -0.4 is 15.4 Å². The fraction of sp³-hybridized carbons (Fsp3) is 0.667. The van der Waals surface area contributed by atoms with Gasteiger partial charge in [0, 0.05) is 38.9 Å². The predicted octanol–water partition coefficient (Wildman–Crippen LogP) is 3.03. The maximum absolute atomic E-state index is 6.06. The van der Waals surface area contributed by atoms with Crippen LogP contribution in [0.15, 0.2) is 23.2 Å². The van der Waals surface area contributed by atoms with Crippen molar-refractivity contribution in [2.45, 2.75) is 58.8 Å². The van der Waals surface area contributed by atoms with Crippen molar-refractivity contribution in [2.75, 3.05) is 33.4 Å². The molecule has 6 nitrogen and oxygen atoms in total. The maximum atomic E-state index is 6.06.